The molecule has 1 amide bonds. The van der Waals surface area contributed by atoms with Crippen LogP contribution < -0.4 is 10.6 Å². The Morgan fingerprint density at radius 1 is 1.20 bits per heavy atom. The number of rotatable bonds is 2. The Morgan fingerprint density at radius 3 is 2.50 bits per heavy atom. The first-order valence-corrected chi connectivity index (χ1v) is 6.47. The Morgan fingerprint density at radius 2 is 1.90 bits per heavy atom. The van der Waals surface area contributed by atoms with E-state index in [-0.39, 0.29) is 5.91 Å². The number of carbonyl (C=O) groups is 1. The molecule has 0 aliphatic heterocycles. The van der Waals surface area contributed by atoms with Gasteiger partial charge in [-0.2, -0.15) is 0 Å². The van der Waals surface area contributed by atoms with Crippen molar-refractivity contribution in [3.8, 4) is 0 Å². The minimum Gasteiger partial charge on any atom is -0.398 e. The topological polar surface area (TPSA) is 59.2 Å². The summed E-state index contributed by atoms with van der Waals surface area (Å²) in [5, 5.41) is 0. The lowest BCUT2D eigenvalue weighted by molar-refractivity contribution is 0.0993. The molecule has 2 rings (SSSR count). The van der Waals surface area contributed by atoms with Crippen molar-refractivity contribution in [2.24, 2.45) is 0 Å². The van der Waals surface area contributed by atoms with E-state index in [1.165, 1.54) is 11.8 Å². The molecule has 0 unspecified atom stereocenters. The number of nitrogens with two attached hydrogens (primary N) is 1. The highest BCUT2D eigenvalue weighted by Crippen LogP contribution is 2.23. The van der Waals surface area contributed by atoms with E-state index in [1.54, 1.807) is 18.0 Å². The third-order valence-corrected chi connectivity index (χ3v) is 3.32. The Kier molecular flexibility index (Phi) is 3.74. The number of benzene rings is 1. The van der Waals surface area contributed by atoms with Crippen LogP contribution in [0.4, 0.5) is 11.4 Å². The highest BCUT2D eigenvalue weighted by Gasteiger charge is 2.18. The molecule has 4 heteroatoms. The lowest BCUT2D eigenvalue weighted by Gasteiger charge is -2.20. The second kappa shape index (κ2) is 5.33. The molecule has 2 N–H and O–H groups in total. The molecule has 0 aliphatic rings. The van der Waals surface area contributed by atoms with Crippen LogP contribution in [0.3, 0.4) is 0 Å². The average molecular weight is 269 g/mol. The van der Waals surface area contributed by atoms with Gasteiger partial charge in [0.15, 0.2) is 0 Å². The van der Waals surface area contributed by atoms with Gasteiger partial charge in [0.25, 0.3) is 5.91 Å². The molecule has 20 heavy (non-hydrogen) atoms. The number of hydrogen-bond donors (Lipinski definition) is 1. The second-order valence-electron chi connectivity index (χ2n) is 5.07. The van der Waals surface area contributed by atoms with Crippen LogP contribution in [0, 0.1) is 20.8 Å². The van der Waals surface area contributed by atoms with Gasteiger partial charge in [0.2, 0.25) is 0 Å². The molecule has 1 heterocycles. The fraction of sp³-hybridized carbons (Fsp3) is 0.250. The number of nitrogen functional groups attached to an aromatic ring is 1. The van der Waals surface area contributed by atoms with Gasteiger partial charge in [-0.05, 0) is 38.5 Å². The van der Waals surface area contributed by atoms with Crippen LogP contribution in [0.15, 0.2) is 30.5 Å². The van der Waals surface area contributed by atoms with Gasteiger partial charge in [0, 0.05) is 30.3 Å². The molecule has 104 valence electrons. The van der Waals surface area contributed by atoms with Gasteiger partial charge in [-0.3, -0.25) is 9.78 Å². The molecule has 1 aromatic carbocycles. The minimum atomic E-state index is -0.151. The Balaban J connectivity index is 2.37. The van der Waals surface area contributed by atoms with Crippen molar-refractivity contribution < 1.29 is 4.79 Å². The summed E-state index contributed by atoms with van der Waals surface area (Å²) in [7, 11) is 1.75. The van der Waals surface area contributed by atoms with E-state index in [1.807, 2.05) is 32.9 Å². The molecular formula is C16H19N3O. The zero-order valence-corrected chi connectivity index (χ0v) is 12.3. The SMILES string of the molecule is Cc1ccc(N(C)C(=O)c2cnc(C)cc2N)c(C)c1. The van der Waals surface area contributed by atoms with Crippen molar-refractivity contribution in [2.45, 2.75) is 20.8 Å². The minimum absolute atomic E-state index is 0.151. The molecule has 4 nitrogen and oxygen atoms in total. The summed E-state index contributed by atoms with van der Waals surface area (Å²) in [6.45, 7) is 5.86. The number of nitrogens with zero attached hydrogens (tertiary/aromatic N) is 2. The first-order chi connectivity index (χ1) is 9.40. The Hall–Kier alpha value is -2.36. The summed E-state index contributed by atoms with van der Waals surface area (Å²) < 4.78 is 0. The maximum Gasteiger partial charge on any atom is 0.261 e. The van der Waals surface area contributed by atoms with E-state index in [9.17, 15) is 4.79 Å². The molecule has 0 saturated heterocycles. The molecule has 0 saturated carbocycles. The van der Waals surface area contributed by atoms with Gasteiger partial charge in [0.05, 0.1) is 5.56 Å². The predicted molar refractivity (Wildman–Crippen MR) is 82.0 cm³/mol. The van der Waals surface area contributed by atoms with Crippen molar-refractivity contribution >= 4 is 17.3 Å². The normalized spacial score (nSPS) is 10.4. The summed E-state index contributed by atoms with van der Waals surface area (Å²) in [5.41, 5.74) is 10.7. The van der Waals surface area contributed by atoms with Gasteiger partial charge in [-0.25, -0.2) is 0 Å². The van der Waals surface area contributed by atoms with Crippen LogP contribution >= 0.6 is 0 Å². The molecule has 2 aromatic rings. The van der Waals surface area contributed by atoms with E-state index in [0.29, 0.717) is 11.3 Å². The fourth-order valence-electron chi connectivity index (χ4n) is 2.23. The van der Waals surface area contributed by atoms with Crippen molar-refractivity contribution in [2.75, 3.05) is 17.7 Å². The number of hydrogen-bond acceptors (Lipinski definition) is 3. The summed E-state index contributed by atoms with van der Waals surface area (Å²) >= 11 is 0. The van der Waals surface area contributed by atoms with Gasteiger partial charge in [-0.1, -0.05) is 17.7 Å². The van der Waals surface area contributed by atoms with Gasteiger partial charge in [0.1, 0.15) is 0 Å². The third-order valence-electron chi connectivity index (χ3n) is 3.32. The quantitative estimate of drug-likeness (QED) is 0.912. The van der Waals surface area contributed by atoms with Gasteiger partial charge < -0.3 is 10.6 Å². The lowest BCUT2D eigenvalue weighted by Crippen LogP contribution is -2.28. The zero-order valence-electron chi connectivity index (χ0n) is 12.3. The summed E-state index contributed by atoms with van der Waals surface area (Å²) in [6.07, 6.45) is 1.53. The lowest BCUT2D eigenvalue weighted by atomic mass is 10.1. The molecule has 0 aliphatic carbocycles. The first kappa shape index (κ1) is 14.1. The Labute approximate surface area is 119 Å². The van der Waals surface area contributed by atoms with E-state index < -0.39 is 0 Å². The molecule has 0 bridgehead atoms. The van der Waals surface area contributed by atoms with E-state index in [4.69, 9.17) is 5.73 Å². The Bertz CT molecular complexity index is 665. The maximum atomic E-state index is 12.5. The molecule has 0 radical (unpaired) electrons. The highest BCUT2D eigenvalue weighted by molar-refractivity contribution is 6.09. The van der Waals surface area contributed by atoms with Gasteiger partial charge in [-0.15, -0.1) is 0 Å². The average Bonchev–Trinajstić information content (AvgIpc) is 2.37. The number of pyridine rings is 1. The van der Waals surface area contributed by atoms with E-state index in [2.05, 4.69) is 11.1 Å². The molecule has 0 spiro atoms. The van der Waals surface area contributed by atoms with Crippen LogP contribution in [0.1, 0.15) is 27.2 Å². The van der Waals surface area contributed by atoms with Crippen LogP contribution in [0.2, 0.25) is 0 Å². The molecule has 0 atom stereocenters. The smallest absolute Gasteiger partial charge is 0.261 e. The van der Waals surface area contributed by atoms with Crippen LogP contribution in [-0.2, 0) is 0 Å². The molecular weight excluding hydrogens is 250 g/mol. The molecule has 0 fully saturated rings. The van der Waals surface area contributed by atoms with Crippen molar-refractivity contribution in [1.29, 1.82) is 0 Å². The van der Waals surface area contributed by atoms with Crippen molar-refractivity contribution in [3.05, 3.63) is 52.8 Å². The number of amides is 1. The number of aromatic nitrogens is 1. The monoisotopic (exact) mass is 269 g/mol. The molecule has 1 aromatic heterocycles. The van der Waals surface area contributed by atoms with Crippen LogP contribution in [0.25, 0.3) is 0 Å². The van der Waals surface area contributed by atoms with Crippen LogP contribution in [0.5, 0.6) is 0 Å². The van der Waals surface area contributed by atoms with Gasteiger partial charge >= 0.3 is 0 Å². The van der Waals surface area contributed by atoms with Crippen molar-refractivity contribution in [1.82, 2.24) is 4.98 Å². The van der Waals surface area contributed by atoms with E-state index >= 15 is 0 Å². The van der Waals surface area contributed by atoms with E-state index in [0.717, 1.165) is 16.9 Å². The third kappa shape index (κ3) is 2.64. The highest BCUT2D eigenvalue weighted by atomic mass is 16.2. The standard InChI is InChI=1S/C16H19N3O/c1-10-5-6-15(11(2)7-10)19(4)16(20)13-9-18-12(3)8-14(13)17/h5-9H,1-4H3,(H2,17,18). The first-order valence-electron chi connectivity index (χ1n) is 6.47. The summed E-state index contributed by atoms with van der Waals surface area (Å²) in [4.78, 5) is 18.3. The van der Waals surface area contributed by atoms with Crippen LogP contribution in [-0.4, -0.2) is 17.9 Å². The summed E-state index contributed by atoms with van der Waals surface area (Å²) in [5.74, 6) is -0.151. The largest absolute Gasteiger partial charge is 0.398 e. The number of aryl methyl sites for hydroxylation is 3. The number of carbonyl (C=O) groups excluding carboxylic acids is 1. The maximum absolute atomic E-state index is 12.5. The zero-order chi connectivity index (χ0) is 14.9. The summed E-state index contributed by atoms with van der Waals surface area (Å²) in [6, 6.07) is 7.70. The second-order valence-corrected chi connectivity index (χ2v) is 5.07. The predicted octanol–water partition coefficient (Wildman–Crippen LogP) is 2.87. The van der Waals surface area contributed by atoms with Crippen molar-refractivity contribution in [3.63, 3.8) is 0 Å². The number of anilines is 2. The fourth-order valence-corrected chi connectivity index (χ4v) is 2.23.